The van der Waals surface area contributed by atoms with Crippen molar-refractivity contribution >= 4 is 11.8 Å². The summed E-state index contributed by atoms with van der Waals surface area (Å²) in [5.74, 6) is 0.338. The summed E-state index contributed by atoms with van der Waals surface area (Å²) in [5.41, 5.74) is 3.86. The van der Waals surface area contributed by atoms with Gasteiger partial charge >= 0.3 is 5.97 Å². The molecule has 6 nitrogen and oxygen atoms in total. The standard InChI is InChI=1S/C28H27N3O3/c32-28(33)26(18-22-10-5-2-6-11-22)31-27-19-25(29-20-30-27)23-13-15-24(16-14-23)34-17-7-12-21-8-3-1-4-9-21/h1-6,8-11,13-16,19-20,26H,7,12,17-18H2,(H,32,33)(H,29,30,31). The van der Waals surface area contributed by atoms with Gasteiger partial charge in [-0.3, -0.25) is 0 Å². The normalized spacial score (nSPS) is 11.5. The van der Waals surface area contributed by atoms with Crippen LogP contribution in [0.5, 0.6) is 5.75 Å². The Morgan fingerprint density at radius 3 is 2.24 bits per heavy atom. The Morgan fingerprint density at radius 2 is 1.56 bits per heavy atom. The van der Waals surface area contributed by atoms with Crippen LogP contribution in [0.2, 0.25) is 0 Å². The van der Waals surface area contributed by atoms with E-state index in [4.69, 9.17) is 4.74 Å². The van der Waals surface area contributed by atoms with Crippen LogP contribution in [0.1, 0.15) is 17.5 Å². The SMILES string of the molecule is O=C(O)C(Cc1ccccc1)Nc1cc(-c2ccc(OCCCc3ccccc3)cc2)ncn1. The van der Waals surface area contributed by atoms with Crippen LogP contribution in [0.3, 0.4) is 0 Å². The monoisotopic (exact) mass is 453 g/mol. The van der Waals surface area contributed by atoms with Crippen molar-refractivity contribution in [1.29, 1.82) is 0 Å². The Labute approximate surface area is 199 Å². The largest absolute Gasteiger partial charge is 0.494 e. The Kier molecular flexibility index (Phi) is 7.85. The van der Waals surface area contributed by atoms with Gasteiger partial charge in [-0.1, -0.05) is 60.7 Å². The van der Waals surface area contributed by atoms with Crippen LogP contribution in [0.25, 0.3) is 11.3 Å². The summed E-state index contributed by atoms with van der Waals surface area (Å²) in [6.07, 6.45) is 3.72. The fraction of sp³-hybridized carbons (Fsp3) is 0.179. The molecule has 172 valence electrons. The molecule has 2 N–H and O–H groups in total. The third-order valence-electron chi connectivity index (χ3n) is 5.44. The van der Waals surface area contributed by atoms with Crippen molar-refractivity contribution in [2.24, 2.45) is 0 Å². The zero-order valence-corrected chi connectivity index (χ0v) is 18.8. The van der Waals surface area contributed by atoms with E-state index < -0.39 is 12.0 Å². The molecule has 34 heavy (non-hydrogen) atoms. The molecule has 0 fully saturated rings. The molecule has 0 saturated carbocycles. The molecule has 0 spiro atoms. The van der Waals surface area contributed by atoms with E-state index in [1.165, 1.54) is 11.9 Å². The van der Waals surface area contributed by atoms with Gasteiger partial charge in [-0.05, 0) is 48.2 Å². The Bertz CT molecular complexity index is 1180. The molecular formula is C28H27N3O3. The minimum atomic E-state index is -0.933. The van der Waals surface area contributed by atoms with Gasteiger partial charge in [0.1, 0.15) is 23.9 Å². The van der Waals surface area contributed by atoms with Crippen molar-refractivity contribution in [2.45, 2.75) is 25.3 Å². The summed E-state index contributed by atoms with van der Waals surface area (Å²) in [4.78, 5) is 20.3. The average molecular weight is 454 g/mol. The summed E-state index contributed by atoms with van der Waals surface area (Å²) >= 11 is 0. The summed E-state index contributed by atoms with van der Waals surface area (Å²) in [6.45, 7) is 0.647. The van der Waals surface area contributed by atoms with E-state index in [1.807, 2.05) is 72.8 Å². The van der Waals surface area contributed by atoms with E-state index in [1.54, 1.807) is 6.07 Å². The summed E-state index contributed by atoms with van der Waals surface area (Å²) in [5, 5.41) is 12.7. The minimum Gasteiger partial charge on any atom is -0.494 e. The van der Waals surface area contributed by atoms with E-state index in [2.05, 4.69) is 27.4 Å². The van der Waals surface area contributed by atoms with E-state index in [0.717, 1.165) is 29.7 Å². The number of hydrogen-bond donors (Lipinski definition) is 2. The Morgan fingerprint density at radius 1 is 0.882 bits per heavy atom. The van der Waals surface area contributed by atoms with Gasteiger partial charge in [-0.2, -0.15) is 0 Å². The maximum Gasteiger partial charge on any atom is 0.326 e. The van der Waals surface area contributed by atoms with Crippen LogP contribution in [-0.4, -0.2) is 33.7 Å². The molecule has 1 aromatic heterocycles. The molecule has 0 aliphatic heterocycles. The number of ether oxygens (including phenoxy) is 1. The van der Waals surface area contributed by atoms with Gasteiger partial charge in [0.2, 0.25) is 0 Å². The van der Waals surface area contributed by atoms with E-state index >= 15 is 0 Å². The second kappa shape index (κ2) is 11.6. The number of aliphatic carboxylic acids is 1. The second-order valence-electron chi connectivity index (χ2n) is 7.98. The number of aryl methyl sites for hydroxylation is 1. The fourth-order valence-corrected chi connectivity index (χ4v) is 3.66. The number of aromatic nitrogens is 2. The van der Waals surface area contributed by atoms with E-state index in [-0.39, 0.29) is 0 Å². The smallest absolute Gasteiger partial charge is 0.326 e. The van der Waals surface area contributed by atoms with Gasteiger partial charge in [-0.15, -0.1) is 0 Å². The molecular weight excluding hydrogens is 426 g/mol. The summed E-state index contributed by atoms with van der Waals surface area (Å²) in [6, 6.07) is 28.6. The predicted octanol–water partition coefficient (Wildman–Crippen LogP) is 5.26. The molecule has 0 bridgehead atoms. The lowest BCUT2D eigenvalue weighted by Crippen LogP contribution is -2.31. The van der Waals surface area contributed by atoms with E-state index in [9.17, 15) is 9.90 Å². The first-order chi connectivity index (χ1) is 16.7. The molecule has 0 saturated heterocycles. The third-order valence-corrected chi connectivity index (χ3v) is 5.44. The summed E-state index contributed by atoms with van der Waals surface area (Å²) < 4.78 is 5.87. The quantitative estimate of drug-likeness (QED) is 0.301. The van der Waals surface area contributed by atoms with Crippen molar-refractivity contribution in [3.8, 4) is 17.0 Å². The van der Waals surface area contributed by atoms with Crippen LogP contribution in [-0.2, 0) is 17.6 Å². The van der Waals surface area contributed by atoms with Gasteiger partial charge in [0.25, 0.3) is 0 Å². The molecule has 4 rings (SSSR count). The number of nitrogens with zero attached hydrogens (tertiary/aromatic N) is 2. The highest BCUT2D eigenvalue weighted by molar-refractivity contribution is 5.77. The van der Waals surface area contributed by atoms with Crippen LogP contribution in [0.15, 0.2) is 97.3 Å². The van der Waals surface area contributed by atoms with Gasteiger partial charge in [0.15, 0.2) is 0 Å². The van der Waals surface area contributed by atoms with Gasteiger partial charge in [0.05, 0.1) is 12.3 Å². The highest BCUT2D eigenvalue weighted by Crippen LogP contribution is 2.23. The van der Waals surface area contributed by atoms with Crippen molar-refractivity contribution in [2.75, 3.05) is 11.9 Å². The second-order valence-corrected chi connectivity index (χ2v) is 7.98. The minimum absolute atomic E-state index is 0.353. The maximum absolute atomic E-state index is 11.8. The molecule has 4 aromatic rings. The van der Waals surface area contributed by atoms with Crippen molar-refractivity contribution in [3.63, 3.8) is 0 Å². The Balaban J connectivity index is 1.34. The van der Waals surface area contributed by atoms with Crippen molar-refractivity contribution < 1.29 is 14.6 Å². The lowest BCUT2D eigenvalue weighted by atomic mass is 10.1. The number of hydrogen-bond acceptors (Lipinski definition) is 5. The summed E-state index contributed by atoms with van der Waals surface area (Å²) in [7, 11) is 0. The third kappa shape index (κ3) is 6.65. The number of carboxylic acids is 1. The van der Waals surface area contributed by atoms with Crippen LogP contribution >= 0.6 is 0 Å². The van der Waals surface area contributed by atoms with Crippen molar-refractivity contribution in [3.05, 3.63) is 108 Å². The number of nitrogens with one attached hydrogen (secondary N) is 1. The molecule has 1 atom stereocenters. The van der Waals surface area contributed by atoms with Crippen LogP contribution in [0.4, 0.5) is 5.82 Å². The predicted molar refractivity (Wildman–Crippen MR) is 133 cm³/mol. The fourth-order valence-electron chi connectivity index (χ4n) is 3.66. The first-order valence-electron chi connectivity index (χ1n) is 11.3. The molecule has 0 aliphatic rings. The molecule has 1 unspecified atom stereocenters. The zero-order valence-electron chi connectivity index (χ0n) is 18.8. The lowest BCUT2D eigenvalue weighted by Gasteiger charge is -2.15. The molecule has 0 radical (unpaired) electrons. The molecule has 1 heterocycles. The highest BCUT2D eigenvalue weighted by Gasteiger charge is 2.18. The molecule has 0 amide bonds. The lowest BCUT2D eigenvalue weighted by molar-refractivity contribution is -0.137. The van der Waals surface area contributed by atoms with Gasteiger partial charge in [0, 0.05) is 18.1 Å². The first-order valence-corrected chi connectivity index (χ1v) is 11.3. The number of rotatable bonds is 11. The molecule has 6 heteroatoms. The van der Waals surface area contributed by atoms with Crippen LogP contribution in [0, 0.1) is 0 Å². The van der Waals surface area contributed by atoms with Gasteiger partial charge < -0.3 is 15.2 Å². The van der Waals surface area contributed by atoms with Crippen molar-refractivity contribution in [1.82, 2.24) is 9.97 Å². The average Bonchev–Trinajstić information content (AvgIpc) is 2.88. The van der Waals surface area contributed by atoms with Gasteiger partial charge in [-0.25, -0.2) is 14.8 Å². The number of anilines is 1. The highest BCUT2D eigenvalue weighted by atomic mass is 16.5. The zero-order chi connectivity index (χ0) is 23.6. The van der Waals surface area contributed by atoms with Crippen LogP contribution < -0.4 is 10.1 Å². The topological polar surface area (TPSA) is 84.3 Å². The molecule has 3 aromatic carbocycles. The number of benzene rings is 3. The number of carbonyl (C=O) groups is 1. The Hall–Kier alpha value is -4.19. The number of carboxylic acid groups (broad SMARTS) is 1. The molecule has 0 aliphatic carbocycles. The first kappa shape index (κ1) is 23.0. The van der Waals surface area contributed by atoms with E-state index in [0.29, 0.717) is 24.5 Å². The maximum atomic E-state index is 11.8.